The number of carbonyl (C=O) groups excluding carboxylic acids is 2. The van der Waals surface area contributed by atoms with Gasteiger partial charge >= 0.3 is 0 Å². The minimum Gasteiger partial charge on any atom is -0.511 e. The molecular formula is C9H13NO3. The maximum atomic E-state index is 11.3. The topological polar surface area (TPSA) is 66.4 Å². The van der Waals surface area contributed by atoms with E-state index in [4.69, 9.17) is 0 Å². The molecule has 72 valence electrons. The fraction of sp³-hybridized carbons (Fsp3) is 0.556. The van der Waals surface area contributed by atoms with Crippen molar-refractivity contribution in [3.63, 3.8) is 0 Å². The first-order valence-electron chi connectivity index (χ1n) is 4.09. The Labute approximate surface area is 76.6 Å². The van der Waals surface area contributed by atoms with E-state index in [1.54, 1.807) is 13.8 Å². The van der Waals surface area contributed by atoms with Crippen LogP contribution in [-0.2, 0) is 9.59 Å². The van der Waals surface area contributed by atoms with Crippen LogP contribution in [-0.4, -0.2) is 22.3 Å². The third kappa shape index (κ3) is 1.88. The van der Waals surface area contributed by atoms with Gasteiger partial charge in [-0.1, -0.05) is 0 Å². The van der Waals surface area contributed by atoms with Gasteiger partial charge in [0.05, 0.1) is 0 Å². The average molecular weight is 183 g/mol. The molecule has 2 N–H and O–H groups in total. The van der Waals surface area contributed by atoms with Crippen LogP contribution >= 0.6 is 0 Å². The predicted molar refractivity (Wildman–Crippen MR) is 47.2 cm³/mol. The first-order valence-corrected chi connectivity index (χ1v) is 4.09. The van der Waals surface area contributed by atoms with E-state index in [-0.39, 0.29) is 11.3 Å². The monoisotopic (exact) mass is 183 g/mol. The summed E-state index contributed by atoms with van der Waals surface area (Å²) in [5.74, 6) is -0.993. The van der Waals surface area contributed by atoms with E-state index in [1.165, 1.54) is 6.92 Å². The van der Waals surface area contributed by atoms with Crippen molar-refractivity contribution < 1.29 is 14.7 Å². The van der Waals surface area contributed by atoms with E-state index in [9.17, 15) is 14.7 Å². The van der Waals surface area contributed by atoms with Crippen LogP contribution in [0.3, 0.4) is 0 Å². The lowest BCUT2D eigenvalue weighted by molar-refractivity contribution is -0.124. The molecule has 0 aromatic carbocycles. The largest absolute Gasteiger partial charge is 0.511 e. The van der Waals surface area contributed by atoms with Crippen molar-refractivity contribution in [2.45, 2.75) is 32.7 Å². The van der Waals surface area contributed by atoms with Crippen molar-refractivity contribution in [2.24, 2.45) is 0 Å². The fourth-order valence-corrected chi connectivity index (χ4v) is 1.42. The van der Waals surface area contributed by atoms with Gasteiger partial charge in [0.2, 0.25) is 0 Å². The smallest absolute Gasteiger partial charge is 0.258 e. The maximum Gasteiger partial charge on any atom is 0.258 e. The Kier molecular flexibility index (Phi) is 2.15. The van der Waals surface area contributed by atoms with Crippen molar-refractivity contribution in [3.8, 4) is 0 Å². The van der Waals surface area contributed by atoms with Gasteiger partial charge in [0.15, 0.2) is 5.78 Å². The zero-order valence-corrected chi connectivity index (χ0v) is 7.97. The summed E-state index contributed by atoms with van der Waals surface area (Å²) in [5.41, 5.74) is -0.584. The van der Waals surface area contributed by atoms with Crippen molar-refractivity contribution in [2.75, 3.05) is 0 Å². The lowest BCUT2D eigenvalue weighted by Gasteiger charge is -2.30. The third-order valence-corrected chi connectivity index (χ3v) is 1.93. The minimum atomic E-state index is -0.485. The quantitative estimate of drug-likeness (QED) is 0.587. The van der Waals surface area contributed by atoms with Crippen molar-refractivity contribution in [3.05, 3.63) is 11.3 Å². The number of hydrogen-bond donors (Lipinski definition) is 2. The SMILES string of the molecule is CC(=O)C1=C(O)CC(C)(C)NC1=O. The highest BCUT2D eigenvalue weighted by molar-refractivity contribution is 6.19. The number of Topliss-reactive ketones (excluding diaryl/α,β-unsaturated/α-hetero) is 1. The highest BCUT2D eigenvalue weighted by atomic mass is 16.3. The number of nitrogens with one attached hydrogen (secondary N) is 1. The van der Waals surface area contributed by atoms with Crippen LogP contribution in [0.1, 0.15) is 27.2 Å². The van der Waals surface area contributed by atoms with Gasteiger partial charge < -0.3 is 10.4 Å². The van der Waals surface area contributed by atoms with E-state index in [0.29, 0.717) is 6.42 Å². The number of aliphatic hydroxyl groups is 1. The average Bonchev–Trinajstić information content (AvgIpc) is 1.78. The summed E-state index contributed by atoms with van der Waals surface area (Å²) in [6.07, 6.45) is 0.299. The third-order valence-electron chi connectivity index (χ3n) is 1.93. The number of ketones is 1. The highest BCUT2D eigenvalue weighted by Gasteiger charge is 2.33. The Hall–Kier alpha value is -1.32. The summed E-state index contributed by atoms with van der Waals surface area (Å²) in [6.45, 7) is 4.85. The van der Waals surface area contributed by atoms with Crippen LogP contribution in [0.2, 0.25) is 0 Å². The van der Waals surface area contributed by atoms with E-state index in [0.717, 1.165) is 0 Å². The summed E-state index contributed by atoms with van der Waals surface area (Å²) >= 11 is 0. The molecule has 0 saturated heterocycles. The van der Waals surface area contributed by atoms with Gasteiger partial charge in [-0.2, -0.15) is 0 Å². The fourth-order valence-electron chi connectivity index (χ4n) is 1.42. The molecule has 0 radical (unpaired) electrons. The molecule has 13 heavy (non-hydrogen) atoms. The Morgan fingerprint density at radius 3 is 2.46 bits per heavy atom. The van der Waals surface area contributed by atoms with E-state index in [1.807, 2.05) is 0 Å². The number of aliphatic hydroxyl groups excluding tert-OH is 1. The second-order valence-electron chi connectivity index (χ2n) is 3.89. The molecule has 0 bridgehead atoms. The molecule has 4 heteroatoms. The van der Waals surface area contributed by atoms with Crippen molar-refractivity contribution in [1.29, 1.82) is 0 Å². The molecule has 0 aromatic heterocycles. The van der Waals surface area contributed by atoms with E-state index >= 15 is 0 Å². The molecule has 0 aliphatic carbocycles. The molecule has 0 unspecified atom stereocenters. The van der Waals surface area contributed by atoms with Gasteiger partial charge in [-0.25, -0.2) is 0 Å². The number of carbonyl (C=O) groups is 2. The summed E-state index contributed by atoms with van der Waals surface area (Å²) < 4.78 is 0. The highest BCUT2D eigenvalue weighted by Crippen LogP contribution is 2.22. The Bertz CT molecular complexity index is 302. The molecule has 0 aromatic rings. The van der Waals surface area contributed by atoms with Crippen molar-refractivity contribution in [1.82, 2.24) is 5.32 Å². The van der Waals surface area contributed by atoms with Crippen LogP contribution in [0.15, 0.2) is 11.3 Å². The molecule has 0 atom stereocenters. The van der Waals surface area contributed by atoms with Gasteiger partial charge in [-0.15, -0.1) is 0 Å². The number of hydrogen-bond acceptors (Lipinski definition) is 3. The molecule has 0 fully saturated rings. The van der Waals surface area contributed by atoms with Crippen LogP contribution in [0.5, 0.6) is 0 Å². The zero-order chi connectivity index (χ0) is 10.2. The lowest BCUT2D eigenvalue weighted by Crippen LogP contribution is -2.49. The van der Waals surface area contributed by atoms with Crippen LogP contribution in [0.25, 0.3) is 0 Å². The van der Waals surface area contributed by atoms with E-state index < -0.39 is 17.2 Å². The maximum absolute atomic E-state index is 11.3. The van der Waals surface area contributed by atoms with Crippen LogP contribution in [0, 0.1) is 0 Å². The molecule has 1 amide bonds. The Morgan fingerprint density at radius 2 is 2.08 bits per heavy atom. The molecule has 0 saturated carbocycles. The zero-order valence-electron chi connectivity index (χ0n) is 7.97. The molecular weight excluding hydrogens is 170 g/mol. The van der Waals surface area contributed by atoms with Gasteiger partial charge in [-0.3, -0.25) is 9.59 Å². The van der Waals surface area contributed by atoms with Crippen molar-refractivity contribution >= 4 is 11.7 Å². The summed E-state index contributed by atoms with van der Waals surface area (Å²) in [6, 6.07) is 0. The van der Waals surface area contributed by atoms with Crippen LogP contribution < -0.4 is 5.32 Å². The molecule has 4 nitrogen and oxygen atoms in total. The minimum absolute atomic E-state index is 0.110. The Morgan fingerprint density at radius 1 is 1.54 bits per heavy atom. The molecule has 1 rings (SSSR count). The summed E-state index contributed by atoms with van der Waals surface area (Å²) in [7, 11) is 0. The summed E-state index contributed by atoms with van der Waals surface area (Å²) in [4.78, 5) is 22.3. The first-order chi connectivity index (χ1) is 5.83. The number of rotatable bonds is 1. The second kappa shape index (κ2) is 2.87. The molecule has 1 heterocycles. The first kappa shape index (κ1) is 9.77. The standard InChI is InChI=1S/C9H13NO3/c1-5(11)7-6(12)4-9(2,3)10-8(7)13/h12H,4H2,1-3H3,(H,10,13). The van der Waals surface area contributed by atoms with E-state index in [2.05, 4.69) is 5.32 Å². The van der Waals surface area contributed by atoms with Gasteiger partial charge in [0.25, 0.3) is 5.91 Å². The van der Waals surface area contributed by atoms with Gasteiger partial charge in [-0.05, 0) is 20.8 Å². The number of amides is 1. The second-order valence-corrected chi connectivity index (χ2v) is 3.89. The lowest BCUT2D eigenvalue weighted by atomic mass is 9.91. The normalized spacial score (nSPS) is 21.3. The molecule has 0 spiro atoms. The Balaban J connectivity index is 3.09. The van der Waals surface area contributed by atoms with Gasteiger partial charge in [0, 0.05) is 12.0 Å². The molecule has 1 aliphatic rings. The van der Waals surface area contributed by atoms with Gasteiger partial charge in [0.1, 0.15) is 11.3 Å². The summed E-state index contributed by atoms with van der Waals surface area (Å²) in [5, 5.41) is 12.1. The van der Waals surface area contributed by atoms with Crippen LogP contribution in [0.4, 0.5) is 0 Å². The predicted octanol–water partition coefficient (Wildman–Crippen LogP) is 0.686. The molecule has 1 aliphatic heterocycles.